The SMILES string of the molecule is CC(C)(C)C(C)(C)c1ccccc1.CC(C)(C)C(C)(C)c1ccccc1.CC(C)(C)C(C)(C)c1ccccc1.CC/C(C)=N\OC(=O)NCCOC(=O)C(C)(C)C(C)(C)C.CC/C(C)=N\OC(=O)NCCOC(=O)C(C)(C)C(C)(C)C.CC/C(C)=N\OC(=O)NCCOC(=O)C(C)(C)C(C)(C)C.CC/C(C)=N\OC(=S)NCCOC(=O)C(C)(C)C(C)(C)C.CCC(C)(C)C(=O)OC.Cc1ccc(C(C)(C)C(C)(C)C)cc1. The lowest BCUT2D eigenvalue weighted by molar-refractivity contribution is -0.160. The number of hydrogen-bond donors (Lipinski definition) is 4. The Labute approximate surface area is 893 Å². The largest absolute Gasteiger partial charge is 0.469 e. The van der Waals surface area contributed by atoms with Gasteiger partial charge in [-0.1, -0.05) is 398 Å². The number of methoxy groups -OCH3 is 1. The zero-order chi connectivity index (χ0) is 116. The summed E-state index contributed by atoms with van der Waals surface area (Å²) >= 11 is 4.95. The summed E-state index contributed by atoms with van der Waals surface area (Å²) in [6, 6.07) is 41.1. The Morgan fingerprint density at radius 1 is 0.267 bits per heavy atom. The van der Waals surface area contributed by atoms with Gasteiger partial charge in [-0.25, -0.2) is 14.4 Å². The van der Waals surface area contributed by atoms with E-state index in [9.17, 15) is 38.4 Å². The molecule has 0 aliphatic heterocycles. The molecule has 4 N–H and O–H groups in total. The highest BCUT2D eigenvalue weighted by atomic mass is 32.1. The first-order valence-electron chi connectivity index (χ1n) is 51.9. The fourth-order valence-electron chi connectivity index (χ4n) is 9.69. The van der Waals surface area contributed by atoms with Crippen molar-refractivity contribution in [2.45, 2.75) is 414 Å². The number of rotatable bonds is 30. The van der Waals surface area contributed by atoms with Crippen molar-refractivity contribution in [2.75, 3.05) is 59.7 Å². The molecule has 0 radical (unpaired) electrons. The third-order valence-electron chi connectivity index (χ3n) is 30.5. The van der Waals surface area contributed by atoms with Gasteiger partial charge in [0.2, 0.25) is 0 Å². The minimum absolute atomic E-state index is 0.101. The molecule has 0 aliphatic rings. The summed E-state index contributed by atoms with van der Waals surface area (Å²) in [5, 5.41) is 25.1. The van der Waals surface area contributed by atoms with E-state index in [1.54, 1.807) is 20.8 Å². The number of oxime groups is 4. The van der Waals surface area contributed by atoms with E-state index in [4.69, 9.17) is 36.0 Å². The smallest absolute Gasteiger partial charge is 0.433 e. The number of carbonyl (C=O) groups excluding carboxylic acids is 8. The van der Waals surface area contributed by atoms with E-state index in [-0.39, 0.29) is 130 Å². The number of nitrogens with one attached hydrogen (secondary N) is 4. The zero-order valence-corrected chi connectivity index (χ0v) is 103. The lowest BCUT2D eigenvalue weighted by atomic mass is 9.65. The maximum absolute atomic E-state index is 12.1. The number of benzene rings is 4. The number of amides is 3. The van der Waals surface area contributed by atoms with Crippen molar-refractivity contribution in [3.8, 4) is 0 Å². The lowest BCUT2D eigenvalue weighted by Gasteiger charge is -2.39. The second kappa shape index (κ2) is 64.1. The van der Waals surface area contributed by atoms with Crippen LogP contribution < -0.4 is 21.3 Å². The Bertz CT molecular complexity index is 4170. The van der Waals surface area contributed by atoms with E-state index in [2.05, 4.69) is 322 Å². The number of carbonyl (C=O) groups is 8. The molecule has 3 amide bonds. The molecule has 0 aliphatic carbocycles. The molecule has 4 aromatic carbocycles. The average molecular weight is 2070 g/mol. The van der Waals surface area contributed by atoms with Crippen LogP contribution >= 0.6 is 12.2 Å². The van der Waals surface area contributed by atoms with Crippen molar-refractivity contribution in [2.24, 2.45) is 91.0 Å². The molecule has 0 saturated heterocycles. The van der Waals surface area contributed by atoms with Crippen LogP contribution in [-0.2, 0) is 88.7 Å². The summed E-state index contributed by atoms with van der Waals surface area (Å²) in [7, 11) is 1.42. The van der Waals surface area contributed by atoms with Gasteiger partial charge < -0.3 is 49.8 Å². The number of ether oxygens (including phenoxy) is 5. The van der Waals surface area contributed by atoms with E-state index in [0.717, 1.165) is 35.7 Å². The van der Waals surface area contributed by atoms with Gasteiger partial charge >= 0.3 is 48.1 Å². The molecule has 25 nitrogen and oxygen atoms in total. The predicted octanol–water partition coefficient (Wildman–Crippen LogP) is 30.6. The van der Waals surface area contributed by atoms with E-state index >= 15 is 0 Å². The molecule has 0 spiro atoms. The van der Waals surface area contributed by atoms with Crippen LogP contribution in [0.25, 0.3) is 0 Å². The Morgan fingerprint density at radius 3 is 0.630 bits per heavy atom. The second-order valence-corrected chi connectivity index (χ2v) is 50.6. The number of esters is 5. The van der Waals surface area contributed by atoms with E-state index in [1.807, 2.05) is 194 Å². The highest BCUT2D eigenvalue weighted by molar-refractivity contribution is 7.80. The molecule has 0 heterocycles. The molecule has 0 unspecified atom stereocenters. The van der Waals surface area contributed by atoms with Crippen molar-refractivity contribution in [3.05, 3.63) is 143 Å². The van der Waals surface area contributed by atoms with Crippen molar-refractivity contribution in [1.29, 1.82) is 0 Å². The molecule has 146 heavy (non-hydrogen) atoms. The maximum Gasteiger partial charge on any atom is 0.433 e. The standard InChI is InChI=1S/3C15H28N2O4.C15H28N2O3S.C14H22.3C13H20.C7H14O2/c3*1-8-11(2)17-21-13(19)16-9-10-20-12(18)15(6,7)14(3,4)5;1-8-11(2)17-20-13(21)16-9-10-19-12(18)15(6,7)14(3,4)5;1-11-7-9-12(10-8-11)14(5,6)13(2,3)4;3*1-12(2,3)13(4,5)11-9-7-6-8-10-11;1-5-7(2,3)6(8)9-4/h3*8-10H2,1-7H3,(H,16,19);8-10H2,1-7H3,(H,16,21);7-10H,1-6H3;3*6-10H,1-5H3;5H2,1-4H3/b4*17-11-;;;;;. The van der Waals surface area contributed by atoms with Crippen molar-refractivity contribution in [3.63, 3.8) is 0 Å². The molecule has 0 fully saturated rings. The molecule has 4 aromatic rings. The van der Waals surface area contributed by atoms with Crippen LogP contribution in [-0.4, -0.2) is 136 Å². The minimum atomic E-state index is -0.658. The predicted molar refractivity (Wildman–Crippen MR) is 612 cm³/mol. The summed E-state index contributed by atoms with van der Waals surface area (Å²) in [5.41, 5.74) is 8.71. The molecule has 0 saturated carbocycles. The Balaban J connectivity index is -0.000000516. The van der Waals surface area contributed by atoms with E-state index in [1.165, 1.54) is 34.9 Å². The van der Waals surface area contributed by atoms with Gasteiger partial charge in [-0.15, -0.1) is 0 Å². The Morgan fingerprint density at radius 2 is 0.459 bits per heavy atom. The van der Waals surface area contributed by atoms with Gasteiger partial charge in [-0.3, -0.25) is 38.5 Å². The van der Waals surface area contributed by atoms with Crippen LogP contribution in [0, 0.1) is 77.3 Å². The van der Waals surface area contributed by atoms with Crippen LogP contribution in [0.3, 0.4) is 0 Å². The first-order valence-corrected chi connectivity index (χ1v) is 52.3. The first kappa shape index (κ1) is 145. The number of aryl methyl sites for hydroxylation is 1. The molecular weight excluding hydrogens is 1860 g/mol. The fraction of sp³-hybridized carbons (Fsp3) is 0.692. The van der Waals surface area contributed by atoms with Gasteiger partial charge in [0.15, 0.2) is 0 Å². The number of nitrogens with zero attached hydrogens (tertiary/aromatic N) is 4. The lowest BCUT2D eigenvalue weighted by Crippen LogP contribution is -2.40. The van der Waals surface area contributed by atoms with Gasteiger partial charge in [-0.2, -0.15) is 0 Å². The van der Waals surface area contributed by atoms with Gasteiger partial charge in [0.25, 0.3) is 5.17 Å². The minimum Gasteiger partial charge on any atom is -0.469 e. The normalized spacial score (nSPS) is 12.8. The number of thiocarbonyl (C=S) groups is 1. The maximum atomic E-state index is 12.1. The molecule has 0 aromatic heterocycles. The van der Waals surface area contributed by atoms with Gasteiger partial charge in [0, 0.05) is 0 Å². The molecule has 0 atom stereocenters. The molecule has 26 heteroatoms. The Hall–Kier alpha value is -9.59. The van der Waals surface area contributed by atoms with Gasteiger partial charge in [-0.05, 0) is 235 Å². The second-order valence-electron chi connectivity index (χ2n) is 50.2. The van der Waals surface area contributed by atoms with Crippen LogP contribution in [0.4, 0.5) is 14.4 Å². The van der Waals surface area contributed by atoms with Crippen LogP contribution in [0.1, 0.15) is 413 Å². The highest BCUT2D eigenvalue weighted by Gasteiger charge is 2.46. The van der Waals surface area contributed by atoms with Gasteiger partial charge in [0.05, 0.1) is 83.2 Å². The summed E-state index contributed by atoms with van der Waals surface area (Å²) in [5.74, 6) is -1.21. The third kappa shape index (κ3) is 53.5. The molecular formula is C120H208N8O17S. The first-order chi connectivity index (χ1) is 65.9. The summed E-state index contributed by atoms with van der Waals surface area (Å²) < 4.78 is 25.4. The number of hydrogen-bond acceptors (Lipinski definition) is 22. The van der Waals surface area contributed by atoms with Crippen molar-refractivity contribution in [1.82, 2.24) is 21.3 Å². The fourth-order valence-corrected chi connectivity index (χ4v) is 9.83. The quantitative estimate of drug-likeness (QED) is 0.00717. The molecule has 4 rings (SSSR count). The monoisotopic (exact) mass is 2070 g/mol. The van der Waals surface area contributed by atoms with Crippen LogP contribution in [0.15, 0.2) is 136 Å². The van der Waals surface area contributed by atoms with Crippen LogP contribution in [0.5, 0.6) is 0 Å². The van der Waals surface area contributed by atoms with E-state index < -0.39 is 39.9 Å². The highest BCUT2D eigenvalue weighted by Crippen LogP contribution is 2.46. The summed E-state index contributed by atoms with van der Waals surface area (Å²) in [6.45, 7) is 109. The average Bonchev–Trinajstić information content (AvgIpc) is 0.803. The zero-order valence-electron chi connectivity index (χ0n) is 102. The van der Waals surface area contributed by atoms with Gasteiger partial charge in [0.1, 0.15) is 26.4 Å². The van der Waals surface area contributed by atoms with E-state index in [0.29, 0.717) is 47.5 Å². The van der Waals surface area contributed by atoms with Crippen molar-refractivity contribution >= 4 is 88.4 Å². The summed E-state index contributed by atoms with van der Waals surface area (Å²) in [4.78, 5) is 112. The molecule has 0 bridgehead atoms. The topological polar surface area (TPSA) is 317 Å². The van der Waals surface area contributed by atoms with Crippen LogP contribution in [0.2, 0.25) is 0 Å². The van der Waals surface area contributed by atoms with Crippen molar-refractivity contribution < 1.29 is 81.4 Å². The summed E-state index contributed by atoms with van der Waals surface area (Å²) in [6.07, 6.45) is 1.80. The molecule has 836 valence electrons. The third-order valence-corrected chi connectivity index (χ3v) is 30.7. The Kier molecular flexibility index (Phi) is 63.6.